The van der Waals surface area contributed by atoms with Crippen LogP contribution in [0.1, 0.15) is 63.0 Å². The second-order valence-corrected chi connectivity index (χ2v) is 7.58. The molecular weight excluding hydrogens is 359 g/mol. The molecule has 2 heterocycles. The molecule has 0 aromatic carbocycles. The van der Waals surface area contributed by atoms with Crippen molar-refractivity contribution in [3.05, 3.63) is 18.0 Å². The van der Waals surface area contributed by atoms with Crippen LogP contribution in [0.3, 0.4) is 0 Å². The first-order valence-corrected chi connectivity index (χ1v) is 9.10. The largest absolute Gasteiger partial charge is 0.341 e. The van der Waals surface area contributed by atoms with Gasteiger partial charge in [-0.3, -0.25) is 9.48 Å². The predicted molar refractivity (Wildman–Crippen MR) is 106 cm³/mol. The number of likely N-dealkylation sites (tertiary alicyclic amines) is 1. The number of hydrogen-bond donors (Lipinski definition) is 1. The Kier molecular flexibility index (Phi) is 8.72. The van der Waals surface area contributed by atoms with Crippen molar-refractivity contribution in [3.63, 3.8) is 0 Å². The monoisotopic (exact) mass is 390 g/mol. The number of nitrogens with two attached hydrogens (primary N) is 1. The third kappa shape index (κ3) is 5.35. The molecule has 5 nitrogen and oxygen atoms in total. The topological polar surface area (TPSA) is 64.2 Å². The number of piperidine rings is 1. The van der Waals surface area contributed by atoms with Crippen molar-refractivity contribution in [2.24, 2.45) is 11.1 Å². The number of rotatable bonds is 4. The summed E-state index contributed by atoms with van der Waals surface area (Å²) in [5.74, 6) is 0.297. The summed E-state index contributed by atoms with van der Waals surface area (Å²) in [6, 6.07) is 0.321. The van der Waals surface area contributed by atoms with Crippen LogP contribution in [0.5, 0.6) is 0 Å². The summed E-state index contributed by atoms with van der Waals surface area (Å²) in [5, 5.41) is 4.44. The molecule has 0 radical (unpaired) electrons. The number of amides is 1. The maximum atomic E-state index is 12.9. The summed E-state index contributed by atoms with van der Waals surface area (Å²) in [6.07, 6.45) is 12.7. The first-order chi connectivity index (χ1) is 11.1. The third-order valence-corrected chi connectivity index (χ3v) is 5.73. The SMILES string of the molecule is Cc1cnn(C2CCCN(C(=O)CC3(CN)CCCCC3)C2)c1.Cl.Cl. The third-order valence-electron chi connectivity index (χ3n) is 5.73. The summed E-state index contributed by atoms with van der Waals surface area (Å²) >= 11 is 0. The molecule has 2 N–H and O–H groups in total. The van der Waals surface area contributed by atoms with E-state index in [1.165, 1.54) is 24.8 Å². The van der Waals surface area contributed by atoms with E-state index in [0.717, 1.165) is 38.8 Å². The number of halogens is 2. The van der Waals surface area contributed by atoms with E-state index in [9.17, 15) is 4.79 Å². The minimum Gasteiger partial charge on any atom is -0.341 e. The normalized spacial score (nSPS) is 22.6. The minimum atomic E-state index is 0. The van der Waals surface area contributed by atoms with Crippen LogP contribution < -0.4 is 5.73 Å². The summed E-state index contributed by atoms with van der Waals surface area (Å²) in [6.45, 7) is 4.38. The van der Waals surface area contributed by atoms with Crippen LogP contribution in [0.25, 0.3) is 0 Å². The van der Waals surface area contributed by atoms with Crippen molar-refractivity contribution < 1.29 is 4.79 Å². The lowest BCUT2D eigenvalue weighted by molar-refractivity contribution is -0.136. The maximum Gasteiger partial charge on any atom is 0.223 e. The molecule has 3 rings (SSSR count). The van der Waals surface area contributed by atoms with Gasteiger partial charge in [0.1, 0.15) is 0 Å². The minimum absolute atomic E-state index is 0. The van der Waals surface area contributed by atoms with Gasteiger partial charge in [-0.2, -0.15) is 5.10 Å². The lowest BCUT2D eigenvalue weighted by Crippen LogP contribution is -2.44. The van der Waals surface area contributed by atoms with Gasteiger partial charge in [0.25, 0.3) is 0 Å². The highest BCUT2D eigenvalue weighted by molar-refractivity contribution is 5.85. The molecule has 1 saturated carbocycles. The zero-order valence-electron chi connectivity index (χ0n) is 15.2. The molecule has 0 spiro atoms. The summed E-state index contributed by atoms with van der Waals surface area (Å²) in [4.78, 5) is 14.9. The van der Waals surface area contributed by atoms with E-state index < -0.39 is 0 Å². The molecule has 1 amide bonds. The highest BCUT2D eigenvalue weighted by Gasteiger charge is 2.35. The van der Waals surface area contributed by atoms with Crippen LogP contribution >= 0.6 is 24.8 Å². The van der Waals surface area contributed by atoms with Crippen molar-refractivity contribution in [1.82, 2.24) is 14.7 Å². The predicted octanol–water partition coefficient (Wildman–Crippen LogP) is 3.50. The molecule has 0 bridgehead atoms. The number of aromatic nitrogens is 2. The molecule has 25 heavy (non-hydrogen) atoms. The van der Waals surface area contributed by atoms with E-state index in [1.807, 2.05) is 10.9 Å². The highest BCUT2D eigenvalue weighted by atomic mass is 35.5. The van der Waals surface area contributed by atoms with Gasteiger partial charge in [-0.1, -0.05) is 19.3 Å². The van der Waals surface area contributed by atoms with Gasteiger partial charge in [-0.15, -0.1) is 24.8 Å². The van der Waals surface area contributed by atoms with Crippen molar-refractivity contribution in [3.8, 4) is 0 Å². The first-order valence-electron chi connectivity index (χ1n) is 9.10. The Morgan fingerprint density at radius 3 is 2.60 bits per heavy atom. The molecule has 1 aromatic heterocycles. The lowest BCUT2D eigenvalue weighted by atomic mass is 9.71. The molecule has 1 saturated heterocycles. The summed E-state index contributed by atoms with van der Waals surface area (Å²) in [7, 11) is 0. The fraction of sp³-hybridized carbons (Fsp3) is 0.778. The van der Waals surface area contributed by atoms with Gasteiger partial charge >= 0.3 is 0 Å². The molecule has 1 aliphatic carbocycles. The van der Waals surface area contributed by atoms with Gasteiger partial charge < -0.3 is 10.6 Å². The number of hydrogen-bond acceptors (Lipinski definition) is 3. The van der Waals surface area contributed by atoms with Gasteiger partial charge in [0.2, 0.25) is 5.91 Å². The van der Waals surface area contributed by atoms with Crippen molar-refractivity contribution in [1.29, 1.82) is 0 Å². The van der Waals surface area contributed by atoms with Crippen LogP contribution in [0.2, 0.25) is 0 Å². The van der Waals surface area contributed by atoms with Gasteiger partial charge in [0.15, 0.2) is 0 Å². The summed E-state index contributed by atoms with van der Waals surface area (Å²) < 4.78 is 2.04. The smallest absolute Gasteiger partial charge is 0.223 e. The Labute approximate surface area is 163 Å². The van der Waals surface area contributed by atoms with Gasteiger partial charge in [-0.25, -0.2) is 0 Å². The molecule has 144 valence electrons. The Morgan fingerprint density at radius 2 is 2.00 bits per heavy atom. The lowest BCUT2D eigenvalue weighted by Gasteiger charge is -2.39. The number of carbonyl (C=O) groups excluding carboxylic acids is 1. The number of nitrogens with zero attached hydrogens (tertiary/aromatic N) is 3. The Balaban J connectivity index is 0.00000156. The molecule has 2 fully saturated rings. The summed E-state index contributed by atoms with van der Waals surface area (Å²) in [5.41, 5.74) is 7.29. The zero-order valence-corrected chi connectivity index (χ0v) is 16.8. The van der Waals surface area contributed by atoms with Crippen molar-refractivity contribution in [2.45, 2.75) is 64.3 Å². The quantitative estimate of drug-likeness (QED) is 0.855. The average Bonchev–Trinajstić information content (AvgIpc) is 3.02. The molecular formula is C18H32Cl2N4O. The van der Waals surface area contributed by atoms with E-state index in [2.05, 4.69) is 23.1 Å². The molecule has 1 atom stereocenters. The van der Waals surface area contributed by atoms with E-state index in [4.69, 9.17) is 5.73 Å². The average molecular weight is 391 g/mol. The van der Waals surface area contributed by atoms with Gasteiger partial charge in [0.05, 0.1) is 12.2 Å². The highest BCUT2D eigenvalue weighted by Crippen LogP contribution is 2.39. The van der Waals surface area contributed by atoms with Crippen molar-refractivity contribution in [2.75, 3.05) is 19.6 Å². The van der Waals surface area contributed by atoms with E-state index in [-0.39, 0.29) is 30.2 Å². The van der Waals surface area contributed by atoms with E-state index in [1.54, 1.807) is 0 Å². The number of carbonyl (C=O) groups is 1. The standard InChI is InChI=1S/C18H30N4O.2ClH/c1-15-11-20-22(12-15)16-6-5-9-21(13-16)17(23)10-18(14-19)7-3-2-4-8-18;;/h11-12,16H,2-10,13-14,19H2,1H3;2*1H. The molecule has 7 heteroatoms. The van der Waals surface area contributed by atoms with Gasteiger partial charge in [-0.05, 0) is 50.1 Å². The zero-order chi connectivity index (χ0) is 16.3. The Bertz CT molecular complexity index is 543. The molecule has 1 unspecified atom stereocenters. The Morgan fingerprint density at radius 1 is 1.28 bits per heavy atom. The first kappa shape index (κ1) is 22.3. The molecule has 1 aliphatic heterocycles. The van der Waals surface area contributed by atoms with E-state index >= 15 is 0 Å². The molecule has 2 aliphatic rings. The van der Waals surface area contributed by atoms with Crippen molar-refractivity contribution >= 4 is 30.7 Å². The van der Waals surface area contributed by atoms with Crippen LogP contribution in [-0.4, -0.2) is 40.2 Å². The van der Waals surface area contributed by atoms with Crippen LogP contribution in [0.15, 0.2) is 12.4 Å². The fourth-order valence-corrected chi connectivity index (χ4v) is 4.22. The maximum absolute atomic E-state index is 12.9. The molecule has 1 aromatic rings. The number of aryl methyl sites for hydroxylation is 1. The van der Waals surface area contributed by atoms with E-state index in [0.29, 0.717) is 24.9 Å². The van der Waals surface area contributed by atoms with Crippen LogP contribution in [0, 0.1) is 12.3 Å². The van der Waals surface area contributed by atoms with Crippen LogP contribution in [-0.2, 0) is 4.79 Å². The fourth-order valence-electron chi connectivity index (χ4n) is 4.22. The Hall–Kier alpha value is -0.780. The second-order valence-electron chi connectivity index (χ2n) is 7.58. The second kappa shape index (κ2) is 9.79. The van der Waals surface area contributed by atoms with Crippen LogP contribution in [0.4, 0.5) is 0 Å². The van der Waals surface area contributed by atoms with Gasteiger partial charge in [0, 0.05) is 25.7 Å².